The Morgan fingerprint density at radius 2 is 1.55 bits per heavy atom. The monoisotopic (exact) mass is 390 g/mol. The van der Waals surface area contributed by atoms with Crippen molar-refractivity contribution < 1.29 is 4.79 Å². The van der Waals surface area contributed by atoms with Gasteiger partial charge in [-0.2, -0.15) is 0 Å². The fourth-order valence-corrected chi connectivity index (χ4v) is 4.37. The zero-order chi connectivity index (χ0) is 20.5. The van der Waals surface area contributed by atoms with Crippen LogP contribution in [-0.4, -0.2) is 40.9 Å². The Hall–Kier alpha value is -2.66. The smallest absolute Gasteiger partial charge is 0.299 e. The van der Waals surface area contributed by atoms with E-state index in [-0.39, 0.29) is 11.6 Å². The normalized spacial score (nSPS) is 21.0. The van der Waals surface area contributed by atoms with Crippen LogP contribution in [0.2, 0.25) is 0 Å². The number of nitrogens with one attached hydrogen (secondary N) is 1. The second kappa shape index (κ2) is 7.64. The maximum absolute atomic E-state index is 13.0. The third-order valence-corrected chi connectivity index (χ3v) is 5.69. The molecule has 152 valence electrons. The Labute approximate surface area is 173 Å². The summed E-state index contributed by atoms with van der Waals surface area (Å²) in [5.74, 6) is 0.818. The number of anilines is 1. The molecule has 1 N–H and O–H groups in total. The lowest BCUT2D eigenvalue weighted by atomic mass is 9.84. The van der Waals surface area contributed by atoms with Crippen molar-refractivity contribution in [1.29, 1.82) is 0 Å². The van der Waals surface area contributed by atoms with Gasteiger partial charge in [0.1, 0.15) is 11.4 Å². The highest BCUT2D eigenvalue weighted by Gasteiger charge is 2.53. The van der Waals surface area contributed by atoms with Crippen LogP contribution >= 0.6 is 0 Å². The maximum Gasteiger partial charge on any atom is 0.328 e. The molecule has 29 heavy (non-hydrogen) atoms. The van der Waals surface area contributed by atoms with Gasteiger partial charge in [0.05, 0.1) is 5.54 Å². The zero-order valence-electron chi connectivity index (χ0n) is 17.6. The Bertz CT molecular complexity index is 878. The molecule has 2 aromatic rings. The highest BCUT2D eigenvalue weighted by atomic mass is 16.2. The van der Waals surface area contributed by atoms with E-state index in [9.17, 15) is 4.79 Å². The van der Waals surface area contributed by atoms with Gasteiger partial charge in [0.15, 0.2) is 0 Å². The molecule has 2 heterocycles. The predicted molar refractivity (Wildman–Crippen MR) is 118 cm³/mol. The van der Waals surface area contributed by atoms with Crippen LogP contribution < -0.4 is 10.2 Å². The minimum Gasteiger partial charge on any atom is -0.299 e. The van der Waals surface area contributed by atoms with E-state index in [1.54, 1.807) is 0 Å². The molecule has 5 nitrogen and oxygen atoms in total. The first-order valence-corrected chi connectivity index (χ1v) is 10.4. The van der Waals surface area contributed by atoms with Gasteiger partial charge in [0.2, 0.25) is 0 Å². The van der Waals surface area contributed by atoms with Gasteiger partial charge in [-0.05, 0) is 51.3 Å². The first-order chi connectivity index (χ1) is 13.9. The van der Waals surface area contributed by atoms with Crippen LogP contribution in [0.15, 0.2) is 65.7 Å². The number of piperidine rings is 1. The number of carbonyl (C=O) groups excluding carboxylic acids is 1. The van der Waals surface area contributed by atoms with Gasteiger partial charge in [-0.3, -0.25) is 20.1 Å². The van der Waals surface area contributed by atoms with Crippen LogP contribution in [0.4, 0.5) is 10.5 Å². The SMILES string of the molecule is CC(C)(C)N=C1NC(=O)N(c2ccccc2)C12CCN(Cc1ccccc1)CC2. The van der Waals surface area contributed by atoms with E-state index < -0.39 is 5.54 Å². The number of para-hydroxylation sites is 1. The molecule has 0 bridgehead atoms. The van der Waals surface area contributed by atoms with Crippen LogP contribution in [0.3, 0.4) is 0 Å². The number of amidine groups is 1. The second-order valence-corrected chi connectivity index (χ2v) is 9.03. The van der Waals surface area contributed by atoms with E-state index in [4.69, 9.17) is 4.99 Å². The number of rotatable bonds is 3. The molecule has 4 rings (SSSR count). The third-order valence-electron chi connectivity index (χ3n) is 5.69. The van der Waals surface area contributed by atoms with Crippen molar-refractivity contribution in [3.8, 4) is 0 Å². The van der Waals surface area contributed by atoms with Crippen molar-refractivity contribution in [2.75, 3.05) is 18.0 Å². The summed E-state index contributed by atoms with van der Waals surface area (Å²) < 4.78 is 0. The lowest BCUT2D eigenvalue weighted by Gasteiger charge is -2.44. The van der Waals surface area contributed by atoms with Crippen molar-refractivity contribution in [2.24, 2.45) is 4.99 Å². The number of amides is 2. The van der Waals surface area contributed by atoms with Crippen LogP contribution in [-0.2, 0) is 6.54 Å². The minimum absolute atomic E-state index is 0.0734. The summed E-state index contributed by atoms with van der Waals surface area (Å²) in [6, 6.07) is 20.5. The molecule has 0 saturated carbocycles. The number of urea groups is 1. The Balaban J connectivity index is 1.63. The number of aliphatic imine (C=N–C) groups is 1. The number of hydrogen-bond donors (Lipinski definition) is 1. The molecule has 2 saturated heterocycles. The van der Waals surface area contributed by atoms with Crippen molar-refractivity contribution in [3.63, 3.8) is 0 Å². The van der Waals surface area contributed by atoms with E-state index >= 15 is 0 Å². The van der Waals surface area contributed by atoms with E-state index in [1.165, 1.54) is 5.56 Å². The molecule has 0 unspecified atom stereocenters. The second-order valence-electron chi connectivity index (χ2n) is 9.03. The average molecular weight is 391 g/mol. The average Bonchev–Trinajstić information content (AvgIpc) is 2.94. The van der Waals surface area contributed by atoms with Crippen LogP contribution in [0, 0.1) is 0 Å². The van der Waals surface area contributed by atoms with E-state index in [2.05, 4.69) is 61.3 Å². The van der Waals surface area contributed by atoms with Crippen molar-refractivity contribution in [2.45, 2.75) is 51.2 Å². The molecular formula is C24H30N4O. The Morgan fingerprint density at radius 1 is 0.966 bits per heavy atom. The maximum atomic E-state index is 13.0. The van der Waals surface area contributed by atoms with Gasteiger partial charge in [-0.15, -0.1) is 0 Å². The fraction of sp³-hybridized carbons (Fsp3) is 0.417. The lowest BCUT2D eigenvalue weighted by Crippen LogP contribution is -2.57. The quantitative estimate of drug-likeness (QED) is 0.842. The number of likely N-dealkylation sites (tertiary alicyclic amines) is 1. The molecule has 2 aliphatic rings. The van der Waals surface area contributed by atoms with Gasteiger partial charge in [0, 0.05) is 25.3 Å². The summed E-state index contributed by atoms with van der Waals surface area (Å²) in [5, 5.41) is 3.10. The third kappa shape index (κ3) is 4.06. The molecule has 2 aromatic carbocycles. The van der Waals surface area contributed by atoms with Gasteiger partial charge in [-0.1, -0.05) is 48.5 Å². The topological polar surface area (TPSA) is 47.9 Å². The molecule has 5 heteroatoms. The number of carbonyl (C=O) groups is 1. The first-order valence-electron chi connectivity index (χ1n) is 10.4. The molecule has 1 spiro atoms. The molecule has 0 radical (unpaired) electrons. The lowest BCUT2D eigenvalue weighted by molar-refractivity contribution is 0.184. The summed E-state index contributed by atoms with van der Waals surface area (Å²) in [6.07, 6.45) is 1.73. The van der Waals surface area contributed by atoms with Gasteiger partial charge >= 0.3 is 6.03 Å². The Morgan fingerprint density at radius 3 is 2.14 bits per heavy atom. The Kier molecular flexibility index (Phi) is 5.17. The zero-order valence-corrected chi connectivity index (χ0v) is 17.6. The number of benzene rings is 2. The number of hydrogen-bond acceptors (Lipinski definition) is 3. The molecule has 2 fully saturated rings. The molecule has 0 atom stereocenters. The van der Waals surface area contributed by atoms with Crippen LogP contribution in [0.5, 0.6) is 0 Å². The molecule has 0 aromatic heterocycles. The molecule has 2 aliphatic heterocycles. The minimum atomic E-state index is -0.404. The summed E-state index contributed by atoms with van der Waals surface area (Å²) in [6.45, 7) is 9.03. The molecule has 0 aliphatic carbocycles. The van der Waals surface area contributed by atoms with Crippen molar-refractivity contribution in [3.05, 3.63) is 66.2 Å². The number of nitrogens with zero attached hydrogens (tertiary/aromatic N) is 3. The standard InChI is InChI=1S/C24H30N4O/c1-23(2,3)26-21-24(28(22(29)25-21)20-12-8-5-9-13-20)14-16-27(17-15-24)18-19-10-6-4-7-11-19/h4-13H,14-18H2,1-3H3,(H,25,26,29). The highest BCUT2D eigenvalue weighted by molar-refractivity contribution is 6.19. The highest BCUT2D eigenvalue weighted by Crippen LogP contribution is 2.38. The van der Waals surface area contributed by atoms with Gasteiger partial charge in [-0.25, -0.2) is 4.79 Å². The fourth-order valence-electron chi connectivity index (χ4n) is 4.37. The summed E-state index contributed by atoms with van der Waals surface area (Å²) >= 11 is 0. The van der Waals surface area contributed by atoms with E-state index in [0.717, 1.165) is 44.0 Å². The largest absolute Gasteiger partial charge is 0.328 e. The van der Waals surface area contributed by atoms with E-state index in [0.29, 0.717) is 0 Å². The molecular weight excluding hydrogens is 360 g/mol. The van der Waals surface area contributed by atoms with E-state index in [1.807, 2.05) is 35.2 Å². The van der Waals surface area contributed by atoms with Crippen molar-refractivity contribution >= 4 is 17.6 Å². The first kappa shape index (κ1) is 19.6. The summed E-state index contributed by atoms with van der Waals surface area (Å²) in [7, 11) is 0. The van der Waals surface area contributed by atoms with Crippen LogP contribution in [0.25, 0.3) is 0 Å². The summed E-state index contributed by atoms with van der Waals surface area (Å²) in [5.41, 5.74) is 1.61. The van der Waals surface area contributed by atoms with Crippen LogP contribution in [0.1, 0.15) is 39.2 Å². The van der Waals surface area contributed by atoms with Crippen molar-refractivity contribution in [1.82, 2.24) is 10.2 Å². The van der Waals surface area contributed by atoms with Gasteiger partial charge in [0.25, 0.3) is 0 Å². The predicted octanol–water partition coefficient (Wildman–Crippen LogP) is 4.45. The summed E-state index contributed by atoms with van der Waals surface area (Å²) in [4.78, 5) is 22.4. The van der Waals surface area contributed by atoms with Gasteiger partial charge < -0.3 is 0 Å². The molecule has 2 amide bonds.